The van der Waals surface area contributed by atoms with Crippen molar-refractivity contribution >= 4 is 0 Å². The molecule has 0 bridgehead atoms. The van der Waals surface area contributed by atoms with Gasteiger partial charge in [0.15, 0.2) is 0 Å². The Kier molecular flexibility index (Phi) is 4.13. The summed E-state index contributed by atoms with van der Waals surface area (Å²) in [6, 6.07) is 0.663. The van der Waals surface area contributed by atoms with Crippen LogP contribution in [0.3, 0.4) is 0 Å². The van der Waals surface area contributed by atoms with Crippen molar-refractivity contribution in [2.45, 2.75) is 58.0 Å². The van der Waals surface area contributed by atoms with E-state index < -0.39 is 0 Å². The van der Waals surface area contributed by atoms with Crippen molar-refractivity contribution in [2.75, 3.05) is 19.7 Å². The number of aromatic nitrogens is 2. The number of hydrogen-bond donors (Lipinski definition) is 1. The highest BCUT2D eigenvalue weighted by Gasteiger charge is 2.26. The lowest BCUT2D eigenvalue weighted by atomic mass is 9.93. The number of fused-ring (bicyclic) bond motifs is 1. The summed E-state index contributed by atoms with van der Waals surface area (Å²) in [6.45, 7) is 8.29. The van der Waals surface area contributed by atoms with Gasteiger partial charge in [0.05, 0.1) is 5.69 Å². The molecule has 0 aromatic carbocycles. The van der Waals surface area contributed by atoms with Crippen LogP contribution in [0.15, 0.2) is 6.20 Å². The van der Waals surface area contributed by atoms with Gasteiger partial charge < -0.3 is 14.6 Å². The van der Waals surface area contributed by atoms with Crippen LogP contribution in [0.4, 0.5) is 0 Å². The lowest BCUT2D eigenvalue weighted by Crippen LogP contribution is -2.37. The molecule has 1 aromatic heterocycles. The second-order valence-corrected chi connectivity index (χ2v) is 6.72. The van der Waals surface area contributed by atoms with Crippen molar-refractivity contribution in [1.29, 1.82) is 0 Å². The molecule has 0 aliphatic carbocycles. The highest BCUT2D eigenvalue weighted by Crippen LogP contribution is 2.30. The molecule has 1 aromatic rings. The fourth-order valence-corrected chi connectivity index (χ4v) is 3.58. The first-order valence-corrected chi connectivity index (χ1v) is 8.08. The fourth-order valence-electron chi connectivity index (χ4n) is 3.58. The van der Waals surface area contributed by atoms with Crippen LogP contribution in [0.1, 0.15) is 50.5 Å². The van der Waals surface area contributed by atoms with E-state index in [9.17, 15) is 5.11 Å². The van der Waals surface area contributed by atoms with Gasteiger partial charge in [0.25, 0.3) is 0 Å². The van der Waals surface area contributed by atoms with Crippen molar-refractivity contribution in [2.24, 2.45) is 5.92 Å². The van der Waals surface area contributed by atoms with Crippen LogP contribution >= 0.6 is 0 Å². The molecule has 2 aliphatic rings. The minimum atomic E-state index is 0.301. The molecule has 1 unspecified atom stereocenters. The Balaban J connectivity index is 1.66. The summed E-state index contributed by atoms with van der Waals surface area (Å²) in [4.78, 5) is 7.44. The smallest absolute Gasteiger partial charge is 0.109 e. The second kappa shape index (κ2) is 5.86. The normalized spacial score (nSPS) is 25.1. The highest BCUT2D eigenvalue weighted by atomic mass is 16.3. The van der Waals surface area contributed by atoms with Crippen molar-refractivity contribution in [3.63, 3.8) is 0 Å². The Hall–Kier alpha value is -0.870. The van der Waals surface area contributed by atoms with Gasteiger partial charge >= 0.3 is 0 Å². The van der Waals surface area contributed by atoms with Gasteiger partial charge in [-0.25, -0.2) is 4.98 Å². The van der Waals surface area contributed by atoms with Crippen molar-refractivity contribution in [3.8, 4) is 0 Å². The Morgan fingerprint density at radius 3 is 2.65 bits per heavy atom. The van der Waals surface area contributed by atoms with E-state index in [4.69, 9.17) is 4.98 Å². The van der Waals surface area contributed by atoms with Crippen LogP contribution in [0.25, 0.3) is 0 Å². The molecule has 112 valence electrons. The fraction of sp³-hybridized carbons (Fsp3) is 0.812. The largest absolute Gasteiger partial charge is 0.396 e. The zero-order valence-corrected chi connectivity index (χ0v) is 12.8. The van der Waals surface area contributed by atoms with Crippen LogP contribution in [0, 0.1) is 5.92 Å². The van der Waals surface area contributed by atoms with Gasteiger partial charge in [-0.3, -0.25) is 0 Å². The maximum absolute atomic E-state index is 9.31. The molecule has 1 saturated heterocycles. The van der Waals surface area contributed by atoms with E-state index in [0.717, 1.165) is 19.4 Å². The van der Waals surface area contributed by atoms with Gasteiger partial charge in [0.2, 0.25) is 0 Å². The first-order valence-electron chi connectivity index (χ1n) is 8.08. The van der Waals surface area contributed by atoms with Crippen molar-refractivity contribution in [1.82, 2.24) is 14.5 Å². The maximum atomic E-state index is 9.31. The van der Waals surface area contributed by atoms with Gasteiger partial charge in [-0.1, -0.05) is 0 Å². The Bertz CT molecular complexity index is 447. The molecule has 3 heterocycles. The predicted octanol–water partition coefficient (Wildman–Crippen LogP) is 2.03. The number of aryl methyl sites for hydroxylation is 1. The van der Waals surface area contributed by atoms with Gasteiger partial charge in [0, 0.05) is 37.7 Å². The molecule has 0 radical (unpaired) electrons. The van der Waals surface area contributed by atoms with Gasteiger partial charge in [-0.05, 0) is 52.1 Å². The standard InChI is InChI=1S/C16H27N3O/c1-12(2)18-7-4-14(5-8-18)15-10-19-6-3-13(11-20)9-16(19)17-15/h10,12-14,20H,3-9,11H2,1-2H3. The summed E-state index contributed by atoms with van der Waals surface area (Å²) in [6.07, 6.45) is 6.78. The number of aliphatic hydroxyl groups is 1. The Morgan fingerprint density at radius 1 is 1.25 bits per heavy atom. The third-order valence-electron chi connectivity index (χ3n) is 5.06. The molecule has 4 nitrogen and oxygen atoms in total. The Morgan fingerprint density at radius 2 is 2.00 bits per heavy atom. The first kappa shape index (κ1) is 14.1. The summed E-state index contributed by atoms with van der Waals surface area (Å²) >= 11 is 0. The molecule has 0 amide bonds. The molecule has 20 heavy (non-hydrogen) atoms. The molecule has 2 aliphatic heterocycles. The predicted molar refractivity (Wildman–Crippen MR) is 79.8 cm³/mol. The first-order chi connectivity index (χ1) is 9.67. The number of nitrogens with zero attached hydrogens (tertiary/aromatic N) is 3. The average Bonchev–Trinajstić information content (AvgIpc) is 2.90. The monoisotopic (exact) mass is 277 g/mol. The van der Waals surface area contributed by atoms with Gasteiger partial charge in [-0.15, -0.1) is 0 Å². The second-order valence-electron chi connectivity index (χ2n) is 6.72. The van der Waals surface area contributed by atoms with E-state index in [2.05, 4.69) is 29.5 Å². The zero-order valence-electron chi connectivity index (χ0n) is 12.8. The summed E-state index contributed by atoms with van der Waals surface area (Å²) in [5.41, 5.74) is 1.29. The van der Waals surface area contributed by atoms with Crippen molar-refractivity contribution < 1.29 is 5.11 Å². The van der Waals surface area contributed by atoms with Crippen LogP contribution in [-0.2, 0) is 13.0 Å². The third kappa shape index (κ3) is 2.77. The number of imidazole rings is 1. The SMILES string of the molecule is CC(C)N1CCC(c2cn3c(n2)CC(CO)CC3)CC1. The van der Waals surface area contributed by atoms with Crippen LogP contribution in [0.5, 0.6) is 0 Å². The van der Waals surface area contributed by atoms with E-state index in [-0.39, 0.29) is 0 Å². The number of likely N-dealkylation sites (tertiary alicyclic amines) is 1. The molecular weight excluding hydrogens is 250 g/mol. The third-order valence-corrected chi connectivity index (χ3v) is 5.06. The van der Waals surface area contributed by atoms with Crippen LogP contribution < -0.4 is 0 Å². The van der Waals surface area contributed by atoms with Gasteiger partial charge in [0.1, 0.15) is 5.82 Å². The highest BCUT2D eigenvalue weighted by molar-refractivity contribution is 5.13. The van der Waals surface area contributed by atoms with E-state index in [1.54, 1.807) is 0 Å². The lowest BCUT2D eigenvalue weighted by molar-refractivity contribution is 0.171. The summed E-state index contributed by atoms with van der Waals surface area (Å²) < 4.78 is 2.32. The number of hydrogen-bond acceptors (Lipinski definition) is 3. The average molecular weight is 277 g/mol. The van der Waals surface area contributed by atoms with E-state index in [1.165, 1.54) is 37.4 Å². The van der Waals surface area contributed by atoms with E-state index in [0.29, 0.717) is 24.5 Å². The molecular formula is C16H27N3O. The van der Waals surface area contributed by atoms with Crippen LogP contribution in [-0.4, -0.2) is 45.3 Å². The minimum Gasteiger partial charge on any atom is -0.396 e. The maximum Gasteiger partial charge on any atom is 0.109 e. The molecule has 0 spiro atoms. The molecule has 1 N–H and O–H groups in total. The Labute approximate surface area is 121 Å². The summed E-state index contributed by atoms with van der Waals surface area (Å²) in [5.74, 6) is 2.24. The quantitative estimate of drug-likeness (QED) is 0.919. The summed E-state index contributed by atoms with van der Waals surface area (Å²) in [7, 11) is 0. The molecule has 1 atom stereocenters. The molecule has 4 heteroatoms. The molecule has 1 fully saturated rings. The number of rotatable bonds is 3. The lowest BCUT2D eigenvalue weighted by Gasteiger charge is -2.33. The minimum absolute atomic E-state index is 0.301. The van der Waals surface area contributed by atoms with Crippen molar-refractivity contribution in [3.05, 3.63) is 17.7 Å². The number of aliphatic hydroxyl groups excluding tert-OH is 1. The topological polar surface area (TPSA) is 41.3 Å². The molecule has 0 saturated carbocycles. The summed E-state index contributed by atoms with van der Waals surface area (Å²) in [5, 5.41) is 9.31. The van der Waals surface area contributed by atoms with Crippen LogP contribution in [0.2, 0.25) is 0 Å². The van der Waals surface area contributed by atoms with Gasteiger partial charge in [-0.2, -0.15) is 0 Å². The number of piperidine rings is 1. The molecule has 3 rings (SSSR count). The van der Waals surface area contributed by atoms with E-state index >= 15 is 0 Å². The van der Waals surface area contributed by atoms with E-state index in [1.807, 2.05) is 0 Å². The zero-order chi connectivity index (χ0) is 14.1.